The highest BCUT2D eigenvalue weighted by Gasteiger charge is 2.47. The highest BCUT2D eigenvalue weighted by Crippen LogP contribution is 2.33. The summed E-state index contributed by atoms with van der Waals surface area (Å²) in [6, 6.07) is -0.447. The second-order valence-corrected chi connectivity index (χ2v) is 3.97. The van der Waals surface area contributed by atoms with Crippen molar-refractivity contribution in [3.63, 3.8) is 0 Å². The number of aromatic nitrogens is 1. The molecule has 1 aromatic rings. The van der Waals surface area contributed by atoms with E-state index in [0.29, 0.717) is 11.0 Å². The number of amides is 2. The van der Waals surface area contributed by atoms with Gasteiger partial charge in [-0.25, -0.2) is 9.69 Å². The van der Waals surface area contributed by atoms with Crippen LogP contribution < -0.4 is 4.90 Å². The number of anilines is 1. The second kappa shape index (κ2) is 4.80. The molecule has 0 radical (unpaired) electrons. The maximum absolute atomic E-state index is 12.4. The molecule has 10 heteroatoms. The van der Waals surface area contributed by atoms with Gasteiger partial charge in [0.1, 0.15) is 0 Å². The maximum Gasteiger partial charge on any atom is 0.452 e. The molecule has 2 amide bonds. The summed E-state index contributed by atoms with van der Waals surface area (Å²) in [5.74, 6) is -1.95. The monoisotopic (exact) mass is 293 g/mol. The Bertz CT molecular complexity index is 530. The Balaban J connectivity index is 2.31. The van der Waals surface area contributed by atoms with Gasteiger partial charge in [-0.3, -0.25) is 4.90 Å². The van der Waals surface area contributed by atoms with Crippen molar-refractivity contribution < 1.29 is 32.7 Å². The largest absolute Gasteiger partial charge is 0.452 e. The van der Waals surface area contributed by atoms with E-state index >= 15 is 0 Å². The van der Waals surface area contributed by atoms with Gasteiger partial charge in [0, 0.05) is 12.6 Å². The zero-order valence-electron chi connectivity index (χ0n) is 9.91. The minimum absolute atomic E-state index is 0.0858. The average Bonchev–Trinajstić information content (AvgIpc) is 2.90. The number of hydrogen-bond acceptors (Lipinski definition) is 5. The standard InChI is InChI=1S/C10H10F3N3O4/c1-2-3-15-7(17)8(18)16(9(15)19)6-4-5(20-14-6)10(11,12)13/h2,4,7-8,17-18H,1,3H2. The fourth-order valence-corrected chi connectivity index (χ4v) is 1.73. The number of urea groups is 1. The van der Waals surface area contributed by atoms with E-state index in [2.05, 4.69) is 16.3 Å². The van der Waals surface area contributed by atoms with Crippen LogP contribution in [0.25, 0.3) is 0 Å². The summed E-state index contributed by atoms with van der Waals surface area (Å²) >= 11 is 0. The van der Waals surface area contributed by atoms with E-state index in [0.717, 1.165) is 4.90 Å². The van der Waals surface area contributed by atoms with Gasteiger partial charge >= 0.3 is 12.2 Å². The van der Waals surface area contributed by atoms with Crippen molar-refractivity contribution in [2.45, 2.75) is 18.6 Å². The summed E-state index contributed by atoms with van der Waals surface area (Å²) in [4.78, 5) is 13.2. The minimum atomic E-state index is -4.77. The number of halogens is 3. The molecule has 110 valence electrons. The van der Waals surface area contributed by atoms with Gasteiger partial charge in [0.2, 0.25) is 5.76 Å². The molecule has 2 heterocycles. The molecule has 2 atom stereocenters. The van der Waals surface area contributed by atoms with E-state index in [1.54, 1.807) is 0 Å². The molecule has 1 aliphatic rings. The van der Waals surface area contributed by atoms with Gasteiger partial charge in [0.15, 0.2) is 18.3 Å². The molecule has 2 unspecified atom stereocenters. The van der Waals surface area contributed by atoms with Gasteiger partial charge in [-0.1, -0.05) is 11.2 Å². The maximum atomic E-state index is 12.4. The predicted molar refractivity (Wildman–Crippen MR) is 58.3 cm³/mol. The zero-order chi connectivity index (χ0) is 15.1. The van der Waals surface area contributed by atoms with Crippen LogP contribution in [0.2, 0.25) is 0 Å². The highest BCUT2D eigenvalue weighted by atomic mass is 19.4. The number of alkyl halides is 3. The van der Waals surface area contributed by atoms with Gasteiger partial charge in [0.05, 0.1) is 0 Å². The quantitative estimate of drug-likeness (QED) is 0.803. The number of aliphatic hydroxyl groups is 2. The van der Waals surface area contributed by atoms with E-state index in [4.69, 9.17) is 0 Å². The zero-order valence-corrected chi connectivity index (χ0v) is 9.91. The Labute approximate surface area is 110 Å². The van der Waals surface area contributed by atoms with Gasteiger partial charge in [-0.15, -0.1) is 6.58 Å². The van der Waals surface area contributed by atoms with Crippen molar-refractivity contribution >= 4 is 11.8 Å². The molecule has 1 saturated heterocycles. The SMILES string of the molecule is C=CCN1C(=O)N(c2cc(C(F)(F)F)on2)C(O)C1O. The van der Waals surface area contributed by atoms with Gasteiger partial charge in [0.25, 0.3) is 0 Å². The minimum Gasteiger partial charge on any atom is -0.369 e. The molecule has 1 fully saturated rings. The number of aliphatic hydroxyl groups excluding tert-OH is 2. The summed E-state index contributed by atoms with van der Waals surface area (Å²) in [6.45, 7) is 3.28. The molecular weight excluding hydrogens is 283 g/mol. The van der Waals surface area contributed by atoms with Crippen LogP contribution in [-0.4, -0.2) is 45.3 Å². The summed E-state index contributed by atoms with van der Waals surface area (Å²) in [6.07, 6.45) is -6.83. The second-order valence-electron chi connectivity index (χ2n) is 3.97. The molecule has 0 saturated carbocycles. The first-order valence-electron chi connectivity index (χ1n) is 5.38. The molecule has 1 aromatic heterocycles. The summed E-state index contributed by atoms with van der Waals surface area (Å²) in [5.41, 5.74) is 0. The van der Waals surface area contributed by atoms with Crippen LogP contribution in [-0.2, 0) is 6.18 Å². The molecule has 7 nitrogen and oxygen atoms in total. The highest BCUT2D eigenvalue weighted by molar-refractivity contribution is 5.94. The molecule has 0 aliphatic carbocycles. The first-order valence-corrected chi connectivity index (χ1v) is 5.38. The van der Waals surface area contributed by atoms with Crippen molar-refractivity contribution in [2.75, 3.05) is 11.4 Å². The lowest BCUT2D eigenvalue weighted by Gasteiger charge is -2.16. The fraction of sp³-hybridized carbons (Fsp3) is 0.400. The number of rotatable bonds is 3. The molecule has 2 N–H and O–H groups in total. The van der Waals surface area contributed by atoms with Crippen LogP contribution in [0.3, 0.4) is 0 Å². The van der Waals surface area contributed by atoms with Crippen LogP contribution in [0.15, 0.2) is 23.2 Å². The number of nitrogens with zero attached hydrogens (tertiary/aromatic N) is 3. The lowest BCUT2D eigenvalue weighted by Crippen LogP contribution is -2.37. The van der Waals surface area contributed by atoms with Crippen LogP contribution in [0.4, 0.5) is 23.8 Å². The predicted octanol–water partition coefficient (Wildman–Crippen LogP) is 0.758. The Kier molecular flexibility index (Phi) is 3.44. The number of carbonyl (C=O) groups is 1. The van der Waals surface area contributed by atoms with E-state index < -0.39 is 36.2 Å². The summed E-state index contributed by atoms with van der Waals surface area (Å²) in [7, 11) is 0. The van der Waals surface area contributed by atoms with Crippen molar-refractivity contribution in [1.29, 1.82) is 0 Å². The van der Waals surface area contributed by atoms with Crippen molar-refractivity contribution in [1.82, 2.24) is 10.1 Å². The first-order chi connectivity index (χ1) is 9.27. The third kappa shape index (κ3) is 2.23. The topological polar surface area (TPSA) is 90.0 Å². The molecule has 20 heavy (non-hydrogen) atoms. The van der Waals surface area contributed by atoms with E-state index in [9.17, 15) is 28.2 Å². The van der Waals surface area contributed by atoms with E-state index in [1.807, 2.05) is 0 Å². The fourth-order valence-electron chi connectivity index (χ4n) is 1.73. The lowest BCUT2D eigenvalue weighted by molar-refractivity contribution is -0.155. The Hall–Kier alpha value is -2.07. The third-order valence-electron chi connectivity index (χ3n) is 2.65. The number of hydrogen-bond donors (Lipinski definition) is 2. The normalized spacial score (nSPS) is 23.6. The van der Waals surface area contributed by atoms with Gasteiger partial charge in [-0.05, 0) is 0 Å². The molecule has 0 aromatic carbocycles. The Morgan fingerprint density at radius 1 is 1.45 bits per heavy atom. The molecule has 0 bridgehead atoms. The van der Waals surface area contributed by atoms with E-state index in [1.165, 1.54) is 6.08 Å². The van der Waals surface area contributed by atoms with Crippen molar-refractivity contribution in [3.05, 3.63) is 24.5 Å². The molecule has 0 spiro atoms. The average molecular weight is 293 g/mol. The van der Waals surface area contributed by atoms with Crippen LogP contribution in [0.1, 0.15) is 5.76 Å². The first kappa shape index (κ1) is 14.3. The van der Waals surface area contributed by atoms with Crippen molar-refractivity contribution in [2.24, 2.45) is 0 Å². The van der Waals surface area contributed by atoms with Crippen LogP contribution >= 0.6 is 0 Å². The van der Waals surface area contributed by atoms with Crippen molar-refractivity contribution in [3.8, 4) is 0 Å². The Morgan fingerprint density at radius 3 is 2.60 bits per heavy atom. The van der Waals surface area contributed by atoms with Gasteiger partial charge < -0.3 is 14.7 Å². The summed E-state index contributed by atoms with van der Waals surface area (Å²) in [5, 5.41) is 22.4. The van der Waals surface area contributed by atoms with E-state index in [-0.39, 0.29) is 6.54 Å². The van der Waals surface area contributed by atoms with Gasteiger partial charge in [-0.2, -0.15) is 13.2 Å². The Morgan fingerprint density at radius 2 is 2.10 bits per heavy atom. The van der Waals surface area contributed by atoms with Crippen LogP contribution in [0, 0.1) is 0 Å². The molecule has 2 rings (SSSR count). The molecule has 1 aliphatic heterocycles. The smallest absolute Gasteiger partial charge is 0.369 e. The number of carbonyl (C=O) groups excluding carboxylic acids is 1. The summed E-state index contributed by atoms with van der Waals surface area (Å²) < 4.78 is 41.2. The third-order valence-corrected chi connectivity index (χ3v) is 2.65. The van der Waals surface area contributed by atoms with Crippen LogP contribution in [0.5, 0.6) is 0 Å². The molecular formula is C10H10F3N3O4. The lowest BCUT2D eigenvalue weighted by atomic mass is 10.4.